The second kappa shape index (κ2) is 4.09. The predicted molar refractivity (Wildman–Crippen MR) is 55.0 cm³/mol. The Balaban J connectivity index is 2.53. The van der Waals surface area contributed by atoms with Crippen molar-refractivity contribution in [2.75, 3.05) is 6.54 Å². The van der Waals surface area contributed by atoms with Gasteiger partial charge in [0.05, 0.1) is 5.56 Å². The van der Waals surface area contributed by atoms with E-state index in [-0.39, 0.29) is 17.2 Å². The van der Waals surface area contributed by atoms with Gasteiger partial charge in [-0.2, -0.15) is 0 Å². The maximum atomic E-state index is 13.2. The van der Waals surface area contributed by atoms with Gasteiger partial charge in [-0.15, -0.1) is 0 Å². The number of halogens is 1. The molecule has 3 N–H and O–H groups in total. The van der Waals surface area contributed by atoms with E-state index in [1.807, 2.05) is 0 Å². The predicted octanol–water partition coefficient (Wildman–Crippen LogP) is 1.65. The standard InChI is InChI=1S/C11H12FNO3/c12-7-4-3-6(11(15)16)9(10(7)14)8-2-1-5-13-8/h3-4,8,13-14H,1-2,5H2,(H,15,16)/t8-/m0/s1. The molecule has 0 bridgehead atoms. The summed E-state index contributed by atoms with van der Waals surface area (Å²) in [5, 5.41) is 21.6. The summed E-state index contributed by atoms with van der Waals surface area (Å²) in [7, 11) is 0. The average molecular weight is 225 g/mol. The summed E-state index contributed by atoms with van der Waals surface area (Å²) in [6.45, 7) is 0.750. The zero-order valence-electron chi connectivity index (χ0n) is 8.53. The van der Waals surface area contributed by atoms with E-state index in [1.165, 1.54) is 6.07 Å². The Morgan fingerprint density at radius 1 is 1.50 bits per heavy atom. The third kappa shape index (κ3) is 1.74. The van der Waals surface area contributed by atoms with Crippen LogP contribution in [0, 0.1) is 5.82 Å². The molecule has 0 amide bonds. The van der Waals surface area contributed by atoms with Crippen LogP contribution in [0.5, 0.6) is 5.75 Å². The first kappa shape index (κ1) is 10.9. The molecule has 0 aliphatic carbocycles. The molecule has 1 aromatic rings. The Hall–Kier alpha value is -1.62. The van der Waals surface area contributed by atoms with Gasteiger partial charge in [-0.05, 0) is 31.5 Å². The molecule has 1 fully saturated rings. The minimum atomic E-state index is -1.15. The Morgan fingerprint density at radius 2 is 2.25 bits per heavy atom. The Morgan fingerprint density at radius 3 is 2.81 bits per heavy atom. The maximum Gasteiger partial charge on any atom is 0.336 e. The number of nitrogens with one attached hydrogen (secondary N) is 1. The van der Waals surface area contributed by atoms with Crippen molar-refractivity contribution in [1.29, 1.82) is 0 Å². The molecule has 4 nitrogen and oxygen atoms in total. The van der Waals surface area contributed by atoms with Gasteiger partial charge in [0.15, 0.2) is 11.6 Å². The molecule has 1 aromatic carbocycles. The number of phenols is 1. The van der Waals surface area contributed by atoms with Gasteiger partial charge in [-0.25, -0.2) is 9.18 Å². The monoisotopic (exact) mass is 225 g/mol. The van der Waals surface area contributed by atoms with Gasteiger partial charge < -0.3 is 15.5 Å². The minimum Gasteiger partial charge on any atom is -0.505 e. The fourth-order valence-electron chi connectivity index (χ4n) is 2.05. The Bertz CT molecular complexity index is 427. The number of carboxylic acid groups (broad SMARTS) is 1. The summed E-state index contributed by atoms with van der Waals surface area (Å²) in [6, 6.07) is 1.88. The summed E-state index contributed by atoms with van der Waals surface area (Å²) < 4.78 is 13.2. The first-order valence-corrected chi connectivity index (χ1v) is 5.09. The highest BCUT2D eigenvalue weighted by Crippen LogP contribution is 2.34. The summed E-state index contributed by atoms with van der Waals surface area (Å²) in [5.41, 5.74) is 0.114. The van der Waals surface area contributed by atoms with Gasteiger partial charge in [0.2, 0.25) is 0 Å². The smallest absolute Gasteiger partial charge is 0.336 e. The van der Waals surface area contributed by atoms with Crippen molar-refractivity contribution in [3.8, 4) is 5.75 Å². The fraction of sp³-hybridized carbons (Fsp3) is 0.364. The van der Waals surface area contributed by atoms with Gasteiger partial charge in [0.25, 0.3) is 0 Å². The lowest BCUT2D eigenvalue weighted by Gasteiger charge is -2.15. The molecule has 86 valence electrons. The van der Waals surface area contributed by atoms with Gasteiger partial charge in [0, 0.05) is 11.6 Å². The number of carboxylic acids is 1. The van der Waals surface area contributed by atoms with E-state index < -0.39 is 17.5 Å². The third-order valence-electron chi connectivity index (χ3n) is 2.81. The first-order valence-electron chi connectivity index (χ1n) is 5.09. The van der Waals surface area contributed by atoms with Crippen LogP contribution in [0.4, 0.5) is 4.39 Å². The van der Waals surface area contributed by atoms with E-state index in [9.17, 15) is 14.3 Å². The first-order chi connectivity index (χ1) is 7.61. The van der Waals surface area contributed by atoms with Gasteiger partial charge in [0.1, 0.15) is 0 Å². The molecule has 0 unspecified atom stereocenters. The molecule has 0 spiro atoms. The zero-order chi connectivity index (χ0) is 11.7. The molecule has 0 radical (unpaired) electrons. The second-order valence-corrected chi connectivity index (χ2v) is 3.81. The molecular formula is C11H12FNO3. The number of rotatable bonds is 2. The fourth-order valence-corrected chi connectivity index (χ4v) is 2.05. The lowest BCUT2D eigenvalue weighted by atomic mass is 9.97. The molecule has 1 aliphatic heterocycles. The Labute approximate surface area is 91.7 Å². The summed E-state index contributed by atoms with van der Waals surface area (Å²) in [4.78, 5) is 11.0. The van der Waals surface area contributed by atoms with Crippen LogP contribution in [-0.2, 0) is 0 Å². The highest BCUT2D eigenvalue weighted by Gasteiger charge is 2.26. The molecule has 0 aromatic heterocycles. The largest absolute Gasteiger partial charge is 0.505 e. The van der Waals surface area contributed by atoms with Crippen LogP contribution >= 0.6 is 0 Å². The van der Waals surface area contributed by atoms with Crippen molar-refractivity contribution in [2.45, 2.75) is 18.9 Å². The highest BCUT2D eigenvalue weighted by molar-refractivity contribution is 5.90. The lowest BCUT2D eigenvalue weighted by molar-refractivity contribution is 0.0694. The van der Waals surface area contributed by atoms with Crippen molar-refractivity contribution in [3.63, 3.8) is 0 Å². The Kier molecular flexibility index (Phi) is 2.78. The number of carbonyl (C=O) groups is 1. The van der Waals surface area contributed by atoms with Crippen molar-refractivity contribution < 1.29 is 19.4 Å². The van der Waals surface area contributed by atoms with Crippen molar-refractivity contribution >= 4 is 5.97 Å². The molecule has 16 heavy (non-hydrogen) atoms. The topological polar surface area (TPSA) is 69.6 Å². The molecular weight excluding hydrogens is 213 g/mol. The summed E-state index contributed by atoms with van der Waals surface area (Å²) in [6.07, 6.45) is 1.59. The van der Waals surface area contributed by atoms with Crippen LogP contribution in [0.25, 0.3) is 0 Å². The molecule has 5 heteroatoms. The number of hydrogen-bond donors (Lipinski definition) is 3. The van der Waals surface area contributed by atoms with Crippen LogP contribution in [0.3, 0.4) is 0 Å². The quantitative estimate of drug-likeness (QED) is 0.715. The summed E-state index contributed by atoms with van der Waals surface area (Å²) >= 11 is 0. The normalized spacial score (nSPS) is 19.9. The van der Waals surface area contributed by atoms with E-state index in [4.69, 9.17) is 5.11 Å². The second-order valence-electron chi connectivity index (χ2n) is 3.81. The van der Waals surface area contributed by atoms with Gasteiger partial charge in [-0.3, -0.25) is 0 Å². The van der Waals surface area contributed by atoms with Crippen LogP contribution in [0.15, 0.2) is 12.1 Å². The SMILES string of the molecule is O=C(O)c1ccc(F)c(O)c1[C@@H]1CCCN1. The van der Waals surface area contributed by atoms with E-state index in [1.54, 1.807) is 0 Å². The molecule has 1 aliphatic rings. The molecule has 2 rings (SSSR count). The lowest BCUT2D eigenvalue weighted by Crippen LogP contribution is -2.17. The number of aromatic carboxylic acids is 1. The van der Waals surface area contributed by atoms with Crippen molar-refractivity contribution in [2.24, 2.45) is 0 Å². The minimum absolute atomic E-state index is 0.0432. The van der Waals surface area contributed by atoms with Crippen LogP contribution in [0.2, 0.25) is 0 Å². The number of benzene rings is 1. The zero-order valence-corrected chi connectivity index (χ0v) is 8.53. The maximum absolute atomic E-state index is 13.2. The van der Waals surface area contributed by atoms with E-state index >= 15 is 0 Å². The van der Waals surface area contributed by atoms with Gasteiger partial charge in [-0.1, -0.05) is 0 Å². The average Bonchev–Trinajstić information content (AvgIpc) is 2.74. The summed E-state index contributed by atoms with van der Waals surface area (Å²) in [5.74, 6) is -2.49. The molecule has 1 saturated heterocycles. The van der Waals surface area contributed by atoms with Crippen LogP contribution in [0.1, 0.15) is 34.8 Å². The number of aromatic hydroxyl groups is 1. The van der Waals surface area contributed by atoms with E-state index in [0.29, 0.717) is 6.42 Å². The van der Waals surface area contributed by atoms with E-state index in [0.717, 1.165) is 19.0 Å². The molecule has 0 saturated carbocycles. The third-order valence-corrected chi connectivity index (χ3v) is 2.81. The molecule has 1 atom stereocenters. The molecule has 1 heterocycles. The van der Waals surface area contributed by atoms with Crippen LogP contribution in [-0.4, -0.2) is 22.7 Å². The van der Waals surface area contributed by atoms with Gasteiger partial charge >= 0.3 is 5.97 Å². The van der Waals surface area contributed by atoms with Crippen molar-refractivity contribution in [3.05, 3.63) is 29.1 Å². The highest BCUT2D eigenvalue weighted by atomic mass is 19.1. The van der Waals surface area contributed by atoms with E-state index in [2.05, 4.69) is 5.32 Å². The number of phenolic OH excluding ortho intramolecular Hbond substituents is 1. The number of hydrogen-bond acceptors (Lipinski definition) is 3. The van der Waals surface area contributed by atoms with Crippen LogP contribution < -0.4 is 5.32 Å². The van der Waals surface area contributed by atoms with Crippen molar-refractivity contribution in [1.82, 2.24) is 5.32 Å².